The van der Waals surface area contributed by atoms with Gasteiger partial charge in [-0.15, -0.1) is 0 Å². The van der Waals surface area contributed by atoms with E-state index in [1.165, 1.54) is 24.2 Å². The van der Waals surface area contributed by atoms with Crippen LogP contribution in [0.2, 0.25) is 0 Å². The predicted octanol–water partition coefficient (Wildman–Crippen LogP) is 1.28. The summed E-state index contributed by atoms with van der Waals surface area (Å²) in [4.78, 5) is 24.6. The standard InChI is InChI=1S/C12H20N2O3/c15-11(13-10-5-2-1-3-6-10)9-14-7-4-8-17-12(14)16/h10H,1-9H2,(H,13,15). The van der Waals surface area contributed by atoms with Gasteiger partial charge in [0.05, 0.1) is 6.61 Å². The lowest BCUT2D eigenvalue weighted by molar-refractivity contribution is -0.123. The molecular weight excluding hydrogens is 220 g/mol. The van der Waals surface area contributed by atoms with Gasteiger partial charge in [-0.25, -0.2) is 4.79 Å². The lowest BCUT2D eigenvalue weighted by atomic mass is 9.95. The van der Waals surface area contributed by atoms with Gasteiger partial charge in [0.1, 0.15) is 6.54 Å². The monoisotopic (exact) mass is 240 g/mol. The molecule has 1 saturated carbocycles. The largest absolute Gasteiger partial charge is 0.449 e. The van der Waals surface area contributed by atoms with Crippen LogP contribution in [0.3, 0.4) is 0 Å². The van der Waals surface area contributed by atoms with Crippen molar-refractivity contribution in [3.8, 4) is 0 Å². The molecule has 2 amide bonds. The highest BCUT2D eigenvalue weighted by atomic mass is 16.6. The fraction of sp³-hybridized carbons (Fsp3) is 0.833. The van der Waals surface area contributed by atoms with Crippen LogP contribution in [-0.2, 0) is 9.53 Å². The van der Waals surface area contributed by atoms with Gasteiger partial charge in [0.2, 0.25) is 5.91 Å². The summed E-state index contributed by atoms with van der Waals surface area (Å²) in [6, 6.07) is 0.303. The average Bonchev–Trinajstić information content (AvgIpc) is 2.33. The molecule has 0 bridgehead atoms. The summed E-state index contributed by atoms with van der Waals surface area (Å²) in [5.41, 5.74) is 0. The third-order valence-corrected chi connectivity index (χ3v) is 3.36. The number of hydrogen-bond donors (Lipinski definition) is 1. The topological polar surface area (TPSA) is 58.6 Å². The number of amides is 2. The first kappa shape index (κ1) is 12.2. The molecule has 1 saturated heterocycles. The summed E-state index contributed by atoms with van der Waals surface area (Å²) < 4.78 is 4.89. The number of nitrogens with one attached hydrogen (secondary N) is 1. The molecule has 1 aliphatic heterocycles. The first-order valence-corrected chi connectivity index (χ1v) is 6.47. The molecule has 0 aromatic carbocycles. The molecule has 0 spiro atoms. The predicted molar refractivity (Wildman–Crippen MR) is 62.6 cm³/mol. The number of ether oxygens (including phenoxy) is 1. The van der Waals surface area contributed by atoms with Crippen LogP contribution in [0.1, 0.15) is 38.5 Å². The molecule has 1 heterocycles. The normalized spacial score (nSPS) is 22.1. The van der Waals surface area contributed by atoms with E-state index in [2.05, 4.69) is 5.32 Å². The molecule has 5 nitrogen and oxygen atoms in total. The van der Waals surface area contributed by atoms with Crippen LogP contribution >= 0.6 is 0 Å². The first-order valence-electron chi connectivity index (χ1n) is 6.47. The third-order valence-electron chi connectivity index (χ3n) is 3.36. The van der Waals surface area contributed by atoms with Crippen molar-refractivity contribution in [3.05, 3.63) is 0 Å². The van der Waals surface area contributed by atoms with Gasteiger partial charge < -0.3 is 10.1 Å². The zero-order valence-electron chi connectivity index (χ0n) is 10.1. The molecule has 0 aromatic rings. The Morgan fingerprint density at radius 2 is 2.06 bits per heavy atom. The fourth-order valence-electron chi connectivity index (χ4n) is 2.43. The van der Waals surface area contributed by atoms with Crippen LogP contribution in [0.15, 0.2) is 0 Å². The lowest BCUT2D eigenvalue weighted by Gasteiger charge is -2.27. The summed E-state index contributed by atoms with van der Waals surface area (Å²) in [5.74, 6) is -0.0595. The van der Waals surface area contributed by atoms with Gasteiger partial charge in [0.15, 0.2) is 0 Å². The van der Waals surface area contributed by atoms with E-state index in [-0.39, 0.29) is 18.5 Å². The van der Waals surface area contributed by atoms with Crippen LogP contribution in [0.4, 0.5) is 4.79 Å². The van der Waals surface area contributed by atoms with Crippen molar-refractivity contribution in [2.75, 3.05) is 19.7 Å². The van der Waals surface area contributed by atoms with E-state index in [0.717, 1.165) is 19.3 Å². The first-order chi connectivity index (χ1) is 8.25. The lowest BCUT2D eigenvalue weighted by Crippen LogP contribution is -2.46. The van der Waals surface area contributed by atoms with Gasteiger partial charge in [0, 0.05) is 12.6 Å². The Bertz CT molecular complexity index is 287. The van der Waals surface area contributed by atoms with Crippen LogP contribution in [0.5, 0.6) is 0 Å². The number of carbonyl (C=O) groups is 2. The highest BCUT2D eigenvalue weighted by Crippen LogP contribution is 2.17. The van der Waals surface area contributed by atoms with Gasteiger partial charge in [-0.2, -0.15) is 0 Å². The molecule has 96 valence electrons. The Hall–Kier alpha value is -1.26. The summed E-state index contributed by atoms with van der Waals surface area (Å²) in [6.45, 7) is 1.23. The quantitative estimate of drug-likeness (QED) is 0.808. The van der Waals surface area contributed by atoms with Crippen LogP contribution in [-0.4, -0.2) is 42.6 Å². The Labute approximate surface area is 101 Å². The van der Waals surface area contributed by atoms with E-state index >= 15 is 0 Å². The minimum Gasteiger partial charge on any atom is -0.449 e. The zero-order valence-corrected chi connectivity index (χ0v) is 10.1. The van der Waals surface area contributed by atoms with Crippen LogP contribution < -0.4 is 5.32 Å². The SMILES string of the molecule is O=C(CN1CCCOC1=O)NC1CCCCC1. The Kier molecular flexibility index (Phi) is 4.23. The van der Waals surface area contributed by atoms with Crippen LogP contribution in [0, 0.1) is 0 Å². The van der Waals surface area contributed by atoms with Crippen molar-refractivity contribution in [1.82, 2.24) is 10.2 Å². The highest BCUT2D eigenvalue weighted by Gasteiger charge is 2.23. The Morgan fingerprint density at radius 3 is 2.76 bits per heavy atom. The average molecular weight is 240 g/mol. The van der Waals surface area contributed by atoms with E-state index in [9.17, 15) is 9.59 Å². The second kappa shape index (κ2) is 5.89. The van der Waals surface area contributed by atoms with Crippen molar-refractivity contribution in [3.63, 3.8) is 0 Å². The van der Waals surface area contributed by atoms with Gasteiger partial charge in [-0.1, -0.05) is 19.3 Å². The number of hydrogen-bond acceptors (Lipinski definition) is 3. The van der Waals surface area contributed by atoms with Crippen LogP contribution in [0.25, 0.3) is 0 Å². The number of rotatable bonds is 3. The third kappa shape index (κ3) is 3.61. The van der Waals surface area contributed by atoms with Crippen molar-refractivity contribution < 1.29 is 14.3 Å². The highest BCUT2D eigenvalue weighted by molar-refractivity contribution is 5.82. The maximum Gasteiger partial charge on any atom is 0.410 e. The minimum atomic E-state index is -0.366. The fourth-order valence-corrected chi connectivity index (χ4v) is 2.43. The summed E-state index contributed by atoms with van der Waals surface area (Å²) in [5, 5.41) is 3.00. The van der Waals surface area contributed by atoms with E-state index in [1.54, 1.807) is 0 Å². The number of nitrogens with zero attached hydrogens (tertiary/aromatic N) is 1. The second-order valence-electron chi connectivity index (χ2n) is 4.79. The van der Waals surface area contributed by atoms with Gasteiger partial charge in [-0.05, 0) is 19.3 Å². The van der Waals surface area contributed by atoms with E-state index in [0.29, 0.717) is 19.2 Å². The van der Waals surface area contributed by atoms with E-state index in [1.807, 2.05) is 0 Å². The van der Waals surface area contributed by atoms with Crippen molar-refractivity contribution >= 4 is 12.0 Å². The summed E-state index contributed by atoms with van der Waals surface area (Å²) >= 11 is 0. The molecule has 2 rings (SSSR count). The van der Waals surface area contributed by atoms with E-state index in [4.69, 9.17) is 4.74 Å². The molecule has 0 atom stereocenters. The molecular formula is C12H20N2O3. The molecule has 17 heavy (non-hydrogen) atoms. The summed E-state index contributed by atoms with van der Waals surface area (Å²) in [6.07, 6.45) is 6.22. The maximum absolute atomic E-state index is 11.8. The van der Waals surface area contributed by atoms with Crippen molar-refractivity contribution in [2.45, 2.75) is 44.6 Å². The molecule has 2 fully saturated rings. The molecule has 0 unspecified atom stereocenters. The molecule has 0 radical (unpaired) electrons. The molecule has 1 aliphatic carbocycles. The van der Waals surface area contributed by atoms with Gasteiger partial charge in [-0.3, -0.25) is 9.69 Å². The second-order valence-corrected chi connectivity index (χ2v) is 4.79. The number of carbonyl (C=O) groups excluding carboxylic acids is 2. The van der Waals surface area contributed by atoms with Crippen molar-refractivity contribution in [1.29, 1.82) is 0 Å². The van der Waals surface area contributed by atoms with Gasteiger partial charge in [0.25, 0.3) is 0 Å². The molecule has 1 N–H and O–H groups in total. The Morgan fingerprint density at radius 1 is 1.29 bits per heavy atom. The number of cyclic esters (lactones) is 1. The maximum atomic E-state index is 11.8. The smallest absolute Gasteiger partial charge is 0.410 e. The van der Waals surface area contributed by atoms with Gasteiger partial charge >= 0.3 is 6.09 Å². The summed E-state index contributed by atoms with van der Waals surface area (Å²) in [7, 11) is 0. The molecule has 2 aliphatic rings. The Balaban J connectivity index is 1.74. The minimum absolute atomic E-state index is 0.0595. The molecule has 5 heteroatoms. The van der Waals surface area contributed by atoms with Crippen molar-refractivity contribution in [2.24, 2.45) is 0 Å². The zero-order chi connectivity index (χ0) is 12.1. The van der Waals surface area contributed by atoms with E-state index < -0.39 is 0 Å². The molecule has 0 aromatic heterocycles.